The molecular weight excluding hydrogens is 193 g/mol. The van der Waals surface area contributed by atoms with Crippen LogP contribution in [0.1, 0.15) is 17.2 Å². The second-order valence-corrected chi connectivity index (χ2v) is 4.01. The van der Waals surface area contributed by atoms with Gasteiger partial charge >= 0.3 is 0 Å². The van der Waals surface area contributed by atoms with Crippen molar-refractivity contribution in [3.63, 3.8) is 0 Å². The number of benzene rings is 1. The summed E-state index contributed by atoms with van der Waals surface area (Å²) in [4.78, 5) is 2.21. The van der Waals surface area contributed by atoms with Crippen LogP contribution >= 0.6 is 0 Å². The maximum absolute atomic E-state index is 13.6. The van der Waals surface area contributed by atoms with Gasteiger partial charge in [0, 0.05) is 13.7 Å². The summed E-state index contributed by atoms with van der Waals surface area (Å²) in [6.07, 6.45) is 0.790. The van der Waals surface area contributed by atoms with Crippen molar-refractivity contribution >= 4 is 0 Å². The summed E-state index contributed by atoms with van der Waals surface area (Å²) in [5.41, 5.74) is 1.93. The van der Waals surface area contributed by atoms with Crippen LogP contribution in [0.4, 0.5) is 4.39 Å². The predicted molar refractivity (Wildman–Crippen MR) is 57.4 cm³/mol. The Bertz CT molecular complexity index is 353. The molecule has 0 aliphatic carbocycles. The summed E-state index contributed by atoms with van der Waals surface area (Å²) in [5.74, 6) is -0.0818. The van der Waals surface area contributed by atoms with Crippen LogP contribution in [0.2, 0.25) is 0 Å². The van der Waals surface area contributed by atoms with E-state index in [2.05, 4.69) is 11.9 Å². The highest BCUT2D eigenvalue weighted by Crippen LogP contribution is 2.30. The largest absolute Gasteiger partial charge is 0.383 e. The molecule has 0 saturated heterocycles. The van der Waals surface area contributed by atoms with Crippen LogP contribution in [0.15, 0.2) is 18.2 Å². The van der Waals surface area contributed by atoms with Gasteiger partial charge in [0.05, 0.1) is 12.6 Å². The summed E-state index contributed by atoms with van der Waals surface area (Å²) >= 11 is 0. The van der Waals surface area contributed by atoms with Crippen molar-refractivity contribution in [2.45, 2.75) is 12.5 Å². The van der Waals surface area contributed by atoms with Gasteiger partial charge in [0.1, 0.15) is 5.82 Å². The van der Waals surface area contributed by atoms with Crippen LogP contribution in [0.25, 0.3) is 0 Å². The lowest BCUT2D eigenvalue weighted by molar-refractivity contribution is 0.0996. The molecule has 0 fully saturated rings. The molecule has 15 heavy (non-hydrogen) atoms. The Morgan fingerprint density at radius 1 is 1.53 bits per heavy atom. The van der Waals surface area contributed by atoms with Gasteiger partial charge in [-0.05, 0) is 30.7 Å². The maximum atomic E-state index is 13.6. The molecule has 0 spiro atoms. The van der Waals surface area contributed by atoms with E-state index in [0.717, 1.165) is 24.1 Å². The van der Waals surface area contributed by atoms with E-state index in [0.29, 0.717) is 6.61 Å². The lowest BCUT2D eigenvalue weighted by atomic mass is 9.93. The molecular formula is C12H16FNO. The first-order chi connectivity index (χ1) is 7.24. The Morgan fingerprint density at radius 3 is 3.07 bits per heavy atom. The minimum absolute atomic E-state index is 0.0818. The Hall–Kier alpha value is -0.930. The number of hydrogen-bond acceptors (Lipinski definition) is 2. The molecule has 1 aliphatic rings. The van der Waals surface area contributed by atoms with Crippen molar-refractivity contribution in [3.8, 4) is 0 Å². The molecule has 2 rings (SSSR count). The monoisotopic (exact) mass is 209 g/mol. The first-order valence-corrected chi connectivity index (χ1v) is 5.20. The molecule has 0 radical (unpaired) electrons. The average molecular weight is 209 g/mol. The minimum atomic E-state index is -0.0818. The van der Waals surface area contributed by atoms with E-state index in [1.807, 2.05) is 6.07 Å². The first-order valence-electron chi connectivity index (χ1n) is 5.20. The molecule has 1 aliphatic heterocycles. The van der Waals surface area contributed by atoms with Crippen LogP contribution in [0, 0.1) is 5.82 Å². The van der Waals surface area contributed by atoms with Gasteiger partial charge in [0.2, 0.25) is 0 Å². The number of methoxy groups -OCH3 is 1. The molecule has 0 aromatic heterocycles. The highest BCUT2D eigenvalue weighted by atomic mass is 19.1. The molecule has 1 heterocycles. The van der Waals surface area contributed by atoms with Crippen molar-refractivity contribution < 1.29 is 9.13 Å². The molecule has 0 bridgehead atoms. The van der Waals surface area contributed by atoms with Gasteiger partial charge in [-0.2, -0.15) is 0 Å². The SMILES string of the molecule is COCC1c2cccc(F)c2CCN1C. The van der Waals surface area contributed by atoms with Crippen molar-refractivity contribution in [1.29, 1.82) is 0 Å². The lowest BCUT2D eigenvalue weighted by Crippen LogP contribution is -2.35. The molecule has 0 saturated carbocycles. The molecule has 0 N–H and O–H groups in total. The standard InChI is InChI=1S/C12H16FNO/c1-14-7-6-9-10(12(14)8-15-2)4-3-5-11(9)13/h3-5,12H,6-8H2,1-2H3. The fraction of sp³-hybridized carbons (Fsp3) is 0.500. The van der Waals surface area contributed by atoms with Crippen LogP contribution in [-0.2, 0) is 11.2 Å². The zero-order valence-corrected chi connectivity index (χ0v) is 9.16. The van der Waals surface area contributed by atoms with E-state index in [9.17, 15) is 4.39 Å². The Morgan fingerprint density at radius 2 is 2.33 bits per heavy atom. The Labute approximate surface area is 89.7 Å². The number of likely N-dealkylation sites (N-methyl/N-ethyl adjacent to an activating group) is 1. The van der Waals surface area contributed by atoms with E-state index in [4.69, 9.17) is 4.74 Å². The van der Waals surface area contributed by atoms with Crippen LogP contribution in [0.5, 0.6) is 0 Å². The highest BCUT2D eigenvalue weighted by molar-refractivity contribution is 5.33. The van der Waals surface area contributed by atoms with E-state index in [1.54, 1.807) is 13.2 Å². The highest BCUT2D eigenvalue weighted by Gasteiger charge is 2.26. The summed E-state index contributed by atoms with van der Waals surface area (Å²) in [6, 6.07) is 5.50. The number of fused-ring (bicyclic) bond motifs is 1. The summed E-state index contributed by atoms with van der Waals surface area (Å²) in [7, 11) is 3.74. The molecule has 1 aromatic rings. The fourth-order valence-electron chi connectivity index (χ4n) is 2.21. The summed E-state index contributed by atoms with van der Waals surface area (Å²) in [5, 5.41) is 0. The third-order valence-electron chi connectivity index (χ3n) is 3.09. The normalized spacial score (nSPS) is 21.4. The van der Waals surface area contributed by atoms with Crippen LogP contribution < -0.4 is 0 Å². The van der Waals surface area contributed by atoms with Crippen molar-refractivity contribution in [1.82, 2.24) is 4.90 Å². The van der Waals surface area contributed by atoms with Gasteiger partial charge in [-0.1, -0.05) is 12.1 Å². The van der Waals surface area contributed by atoms with E-state index in [-0.39, 0.29) is 11.9 Å². The molecule has 1 aromatic carbocycles. The van der Waals surface area contributed by atoms with Crippen molar-refractivity contribution in [3.05, 3.63) is 35.1 Å². The van der Waals surface area contributed by atoms with E-state index >= 15 is 0 Å². The topological polar surface area (TPSA) is 12.5 Å². The molecule has 1 atom stereocenters. The average Bonchev–Trinajstić information content (AvgIpc) is 2.23. The first kappa shape index (κ1) is 10.6. The zero-order chi connectivity index (χ0) is 10.8. The van der Waals surface area contributed by atoms with Gasteiger partial charge < -0.3 is 4.74 Å². The molecule has 1 unspecified atom stereocenters. The molecule has 82 valence electrons. The quantitative estimate of drug-likeness (QED) is 0.738. The second-order valence-electron chi connectivity index (χ2n) is 4.01. The van der Waals surface area contributed by atoms with Gasteiger partial charge in [-0.15, -0.1) is 0 Å². The smallest absolute Gasteiger partial charge is 0.126 e. The summed E-state index contributed by atoms with van der Waals surface area (Å²) in [6.45, 7) is 1.51. The third kappa shape index (κ3) is 1.90. The van der Waals surface area contributed by atoms with Gasteiger partial charge in [0.25, 0.3) is 0 Å². The van der Waals surface area contributed by atoms with E-state index < -0.39 is 0 Å². The zero-order valence-electron chi connectivity index (χ0n) is 9.16. The number of nitrogens with zero attached hydrogens (tertiary/aromatic N) is 1. The minimum Gasteiger partial charge on any atom is -0.383 e. The number of hydrogen-bond donors (Lipinski definition) is 0. The van der Waals surface area contributed by atoms with E-state index in [1.165, 1.54) is 6.07 Å². The van der Waals surface area contributed by atoms with Crippen LogP contribution in [-0.4, -0.2) is 32.2 Å². The number of halogens is 1. The third-order valence-corrected chi connectivity index (χ3v) is 3.09. The van der Waals surface area contributed by atoms with Crippen molar-refractivity contribution in [2.75, 3.05) is 27.3 Å². The fourth-order valence-corrected chi connectivity index (χ4v) is 2.21. The van der Waals surface area contributed by atoms with Gasteiger partial charge in [0.15, 0.2) is 0 Å². The Balaban J connectivity index is 2.39. The maximum Gasteiger partial charge on any atom is 0.126 e. The molecule has 2 nitrogen and oxygen atoms in total. The molecule has 3 heteroatoms. The molecule has 0 amide bonds. The van der Waals surface area contributed by atoms with Gasteiger partial charge in [-0.25, -0.2) is 4.39 Å². The van der Waals surface area contributed by atoms with Crippen LogP contribution in [0.3, 0.4) is 0 Å². The van der Waals surface area contributed by atoms with Gasteiger partial charge in [-0.3, -0.25) is 4.90 Å². The second kappa shape index (κ2) is 4.29. The Kier molecular flexibility index (Phi) is 3.03. The lowest BCUT2D eigenvalue weighted by Gasteiger charge is -2.34. The number of ether oxygens (including phenoxy) is 1. The van der Waals surface area contributed by atoms with Crippen molar-refractivity contribution in [2.24, 2.45) is 0 Å². The summed E-state index contributed by atoms with van der Waals surface area (Å²) < 4.78 is 18.7. The number of rotatable bonds is 2. The predicted octanol–water partition coefficient (Wildman–Crippen LogP) is 2.00.